The van der Waals surface area contributed by atoms with E-state index in [0.717, 1.165) is 18.1 Å². The minimum absolute atomic E-state index is 0. The molecule has 0 aromatic heterocycles. The zero-order chi connectivity index (χ0) is 15.9. The Labute approximate surface area is 156 Å². The van der Waals surface area contributed by atoms with Gasteiger partial charge in [-0.3, -0.25) is 4.99 Å². The van der Waals surface area contributed by atoms with Crippen LogP contribution in [0.25, 0.3) is 0 Å². The van der Waals surface area contributed by atoms with Crippen LogP contribution in [0, 0.1) is 0 Å². The minimum atomic E-state index is -3.18. The van der Waals surface area contributed by atoms with Crippen molar-refractivity contribution in [3.63, 3.8) is 0 Å². The van der Waals surface area contributed by atoms with E-state index in [1.165, 1.54) is 0 Å². The van der Waals surface area contributed by atoms with Crippen molar-refractivity contribution < 1.29 is 8.42 Å². The first-order valence-corrected chi connectivity index (χ1v) is 10.1. The molecule has 1 rings (SSSR count). The van der Waals surface area contributed by atoms with E-state index in [-0.39, 0.29) is 41.8 Å². The molecular weight excluding hydrogens is 435 g/mol. The van der Waals surface area contributed by atoms with Crippen LogP contribution in [0.5, 0.6) is 0 Å². The third-order valence-electron chi connectivity index (χ3n) is 2.82. The molecule has 0 amide bonds. The molecule has 0 aliphatic carbocycles. The van der Waals surface area contributed by atoms with E-state index in [1.54, 1.807) is 16.1 Å². The maximum absolute atomic E-state index is 12.2. The van der Waals surface area contributed by atoms with Crippen LogP contribution >= 0.6 is 35.7 Å². The minimum Gasteiger partial charge on any atom is -0.357 e. The van der Waals surface area contributed by atoms with E-state index in [4.69, 9.17) is 0 Å². The highest BCUT2D eigenvalue weighted by molar-refractivity contribution is 14.0. The van der Waals surface area contributed by atoms with E-state index in [9.17, 15) is 8.42 Å². The predicted octanol–water partition coefficient (Wildman–Crippen LogP) is 1.34. The van der Waals surface area contributed by atoms with Gasteiger partial charge in [0.15, 0.2) is 5.96 Å². The molecule has 0 bridgehead atoms. The van der Waals surface area contributed by atoms with Crippen LogP contribution in [0.4, 0.5) is 0 Å². The number of guanidine groups is 1. The number of nitrogens with zero attached hydrogens (tertiary/aromatic N) is 2. The summed E-state index contributed by atoms with van der Waals surface area (Å²) >= 11 is 1.80. The summed E-state index contributed by atoms with van der Waals surface area (Å²) in [4.78, 5) is 4.36. The van der Waals surface area contributed by atoms with Gasteiger partial charge in [0.2, 0.25) is 10.0 Å². The van der Waals surface area contributed by atoms with Gasteiger partial charge in [0, 0.05) is 36.7 Å². The van der Waals surface area contributed by atoms with Crippen molar-refractivity contribution in [3.05, 3.63) is 0 Å². The second-order valence-corrected chi connectivity index (χ2v) is 9.28. The average Bonchev–Trinajstić information content (AvgIpc) is 2.38. The number of sulfonamides is 1. The Morgan fingerprint density at radius 2 is 1.86 bits per heavy atom. The molecule has 1 saturated heterocycles. The fraction of sp³-hybridized carbons (Fsp3) is 0.923. The molecular formula is C13H29IN4O2S2. The van der Waals surface area contributed by atoms with Gasteiger partial charge in [-0.25, -0.2) is 12.7 Å². The van der Waals surface area contributed by atoms with E-state index in [0.29, 0.717) is 19.0 Å². The number of aliphatic imine (C=N–C) groups is 1. The standard InChI is InChI=1S/C13H28N4O2S2.HI/c1-5-14-12(16-13(2,3)4)15-6-11-21(18,19)17-7-9-20-10-8-17;/h5-11H2,1-4H3,(H2,14,15,16);1H. The molecule has 9 heteroatoms. The van der Waals surface area contributed by atoms with Crippen molar-refractivity contribution in [3.8, 4) is 0 Å². The number of nitrogens with one attached hydrogen (secondary N) is 2. The van der Waals surface area contributed by atoms with Crippen LogP contribution in [-0.4, -0.2) is 67.7 Å². The molecule has 1 heterocycles. The van der Waals surface area contributed by atoms with Gasteiger partial charge in [0.1, 0.15) is 0 Å². The fourth-order valence-electron chi connectivity index (χ4n) is 1.89. The molecule has 0 atom stereocenters. The molecule has 0 aromatic rings. The monoisotopic (exact) mass is 464 g/mol. The average molecular weight is 464 g/mol. The normalized spacial score (nSPS) is 17.7. The van der Waals surface area contributed by atoms with Gasteiger partial charge in [-0.15, -0.1) is 24.0 Å². The Bertz CT molecular complexity index is 443. The molecule has 6 nitrogen and oxygen atoms in total. The van der Waals surface area contributed by atoms with Crippen molar-refractivity contribution in [1.29, 1.82) is 0 Å². The Morgan fingerprint density at radius 1 is 1.27 bits per heavy atom. The van der Waals surface area contributed by atoms with E-state index >= 15 is 0 Å². The first kappa shape index (κ1) is 22.3. The Hall–Kier alpha value is 0.260. The molecule has 1 aliphatic rings. The highest BCUT2D eigenvalue weighted by atomic mass is 127. The summed E-state index contributed by atoms with van der Waals surface area (Å²) in [6.07, 6.45) is 0. The van der Waals surface area contributed by atoms with Crippen LogP contribution in [-0.2, 0) is 10.0 Å². The second kappa shape index (κ2) is 10.2. The van der Waals surface area contributed by atoms with Crippen molar-refractivity contribution in [2.24, 2.45) is 4.99 Å². The zero-order valence-electron chi connectivity index (χ0n) is 13.9. The SMILES string of the molecule is CCNC(=NCCS(=O)(=O)N1CCSCC1)NC(C)(C)C.I. The molecule has 22 heavy (non-hydrogen) atoms. The summed E-state index contributed by atoms with van der Waals surface area (Å²) in [6, 6.07) is 0. The number of hydrogen-bond acceptors (Lipinski definition) is 4. The number of hydrogen-bond donors (Lipinski definition) is 2. The molecule has 2 N–H and O–H groups in total. The Morgan fingerprint density at radius 3 is 2.36 bits per heavy atom. The maximum Gasteiger partial charge on any atom is 0.215 e. The van der Waals surface area contributed by atoms with Gasteiger partial charge in [0.25, 0.3) is 0 Å². The van der Waals surface area contributed by atoms with E-state index < -0.39 is 10.0 Å². The van der Waals surface area contributed by atoms with Crippen LogP contribution in [0.3, 0.4) is 0 Å². The van der Waals surface area contributed by atoms with Crippen molar-refractivity contribution in [1.82, 2.24) is 14.9 Å². The van der Waals surface area contributed by atoms with Crippen LogP contribution < -0.4 is 10.6 Å². The Kier molecular flexibility index (Phi) is 10.3. The summed E-state index contributed by atoms with van der Waals surface area (Å²) in [7, 11) is -3.18. The van der Waals surface area contributed by atoms with Gasteiger partial charge < -0.3 is 10.6 Å². The molecule has 1 aliphatic heterocycles. The lowest BCUT2D eigenvalue weighted by Gasteiger charge is -2.26. The van der Waals surface area contributed by atoms with Crippen LogP contribution in [0.1, 0.15) is 27.7 Å². The fourth-order valence-corrected chi connectivity index (χ4v) is 4.34. The lowest BCUT2D eigenvalue weighted by atomic mass is 10.1. The topological polar surface area (TPSA) is 73.8 Å². The zero-order valence-corrected chi connectivity index (χ0v) is 17.8. The summed E-state index contributed by atoms with van der Waals surface area (Å²) in [5.41, 5.74) is -0.107. The predicted molar refractivity (Wildman–Crippen MR) is 107 cm³/mol. The van der Waals surface area contributed by atoms with E-state index in [2.05, 4.69) is 15.6 Å². The summed E-state index contributed by atoms with van der Waals surface area (Å²) in [5.74, 6) is 2.50. The van der Waals surface area contributed by atoms with Gasteiger partial charge in [0.05, 0.1) is 12.3 Å². The molecule has 132 valence electrons. The van der Waals surface area contributed by atoms with Crippen molar-refractivity contribution in [2.75, 3.05) is 43.4 Å². The lowest BCUT2D eigenvalue weighted by molar-refractivity contribution is 0.443. The largest absolute Gasteiger partial charge is 0.357 e. The quantitative estimate of drug-likeness (QED) is 0.365. The Balaban J connectivity index is 0.00000441. The van der Waals surface area contributed by atoms with Crippen molar-refractivity contribution in [2.45, 2.75) is 33.2 Å². The summed E-state index contributed by atoms with van der Waals surface area (Å²) < 4.78 is 26.0. The lowest BCUT2D eigenvalue weighted by Crippen LogP contribution is -2.48. The maximum atomic E-state index is 12.2. The number of halogens is 1. The highest BCUT2D eigenvalue weighted by Gasteiger charge is 2.23. The molecule has 0 radical (unpaired) electrons. The summed E-state index contributed by atoms with van der Waals surface area (Å²) in [5, 5.41) is 6.38. The third kappa shape index (κ3) is 8.78. The van der Waals surface area contributed by atoms with Crippen molar-refractivity contribution >= 4 is 51.7 Å². The third-order valence-corrected chi connectivity index (χ3v) is 5.61. The smallest absolute Gasteiger partial charge is 0.215 e. The van der Waals surface area contributed by atoms with Gasteiger partial charge in [-0.1, -0.05) is 0 Å². The van der Waals surface area contributed by atoms with Gasteiger partial charge in [-0.05, 0) is 27.7 Å². The van der Waals surface area contributed by atoms with E-state index in [1.807, 2.05) is 27.7 Å². The van der Waals surface area contributed by atoms with Gasteiger partial charge >= 0.3 is 0 Å². The molecule has 0 spiro atoms. The molecule has 0 aromatic carbocycles. The molecule has 0 saturated carbocycles. The number of rotatable bonds is 5. The van der Waals surface area contributed by atoms with Crippen LogP contribution in [0.15, 0.2) is 4.99 Å². The second-order valence-electron chi connectivity index (χ2n) is 5.96. The number of thioether (sulfide) groups is 1. The van der Waals surface area contributed by atoms with Crippen LogP contribution in [0.2, 0.25) is 0 Å². The highest BCUT2D eigenvalue weighted by Crippen LogP contribution is 2.13. The first-order chi connectivity index (χ1) is 9.74. The summed E-state index contributed by atoms with van der Waals surface area (Å²) in [6.45, 7) is 10.4. The molecule has 0 unspecified atom stereocenters. The first-order valence-electron chi connectivity index (χ1n) is 7.36. The molecule has 1 fully saturated rings. The van der Waals surface area contributed by atoms with Gasteiger partial charge in [-0.2, -0.15) is 11.8 Å².